The summed E-state index contributed by atoms with van der Waals surface area (Å²) in [4.78, 5) is 31.8. The third kappa shape index (κ3) is 5.71. The molecule has 2 amide bonds. The van der Waals surface area contributed by atoms with Gasteiger partial charge in [-0.25, -0.2) is 0 Å². The summed E-state index contributed by atoms with van der Waals surface area (Å²) in [5, 5.41) is 3.33. The molecule has 4 fully saturated rings. The highest BCUT2D eigenvalue weighted by molar-refractivity contribution is 6.30. The fourth-order valence-corrected chi connectivity index (χ4v) is 8.28. The minimum Gasteiger partial charge on any atom is -0.295 e. The molecule has 1 N–H and O–H groups in total. The highest BCUT2D eigenvalue weighted by Gasteiger charge is 2.40. The zero-order chi connectivity index (χ0) is 29.0. The van der Waals surface area contributed by atoms with Gasteiger partial charge >= 0.3 is 0 Å². The number of carbonyl (C=O) groups is 2. The van der Waals surface area contributed by atoms with Gasteiger partial charge in [0.15, 0.2) is 0 Å². The second kappa shape index (κ2) is 11.2. The van der Waals surface area contributed by atoms with Crippen LogP contribution in [-0.2, 0) is 29.2 Å². The van der Waals surface area contributed by atoms with Crippen molar-refractivity contribution in [3.63, 3.8) is 0 Å². The van der Waals surface area contributed by atoms with Crippen LogP contribution in [0.1, 0.15) is 81.0 Å². The Morgan fingerprint density at radius 2 is 1.60 bits per heavy atom. The van der Waals surface area contributed by atoms with Crippen molar-refractivity contribution in [2.75, 3.05) is 19.6 Å². The fraction of sp³-hybridized carbons (Fsp3) is 0.543. The Balaban J connectivity index is 1.01. The smallest absolute Gasteiger partial charge is 0.243 e. The van der Waals surface area contributed by atoms with E-state index in [1.165, 1.54) is 47.9 Å². The van der Waals surface area contributed by atoms with E-state index in [1.54, 1.807) is 11.1 Å². The van der Waals surface area contributed by atoms with Crippen molar-refractivity contribution in [2.24, 2.45) is 5.41 Å². The van der Waals surface area contributed by atoms with Gasteiger partial charge in [0.1, 0.15) is 0 Å². The van der Waals surface area contributed by atoms with E-state index in [9.17, 15) is 9.59 Å². The number of piperazine rings is 1. The molecule has 8 rings (SSSR count). The van der Waals surface area contributed by atoms with E-state index >= 15 is 0 Å². The molecule has 7 heteroatoms. The Bertz CT molecular complexity index is 1420. The molecule has 2 aromatic rings. The lowest BCUT2D eigenvalue weighted by Gasteiger charge is -2.52. The van der Waals surface area contributed by atoms with Crippen molar-refractivity contribution in [2.45, 2.75) is 96.6 Å². The van der Waals surface area contributed by atoms with Crippen LogP contribution in [0.25, 0.3) is 5.57 Å². The standard InChI is InChI=1S/C35H43ClN4O2/c1-35(2)14-13-26(31(16-35)24-5-7-28(36)8-6-24)19-39-22-29-9-10-30(39)21-38(29)17-23-3-4-25-18-40(20-27(25)15-23)32-11-12-33(41)37-34(32)42/h3-8,15,29-30,32H,9-14,16-22H2,1-2H3,(H,37,41,42). The quantitative estimate of drug-likeness (QED) is 0.435. The van der Waals surface area contributed by atoms with Gasteiger partial charge in [-0.2, -0.15) is 0 Å². The molecule has 3 atom stereocenters. The molecular formula is C35H43ClN4O2. The maximum Gasteiger partial charge on any atom is 0.243 e. The van der Waals surface area contributed by atoms with E-state index in [2.05, 4.69) is 64.2 Å². The van der Waals surface area contributed by atoms with Crippen LogP contribution in [-0.4, -0.2) is 64.3 Å². The topological polar surface area (TPSA) is 55.9 Å². The Kier molecular flexibility index (Phi) is 7.54. The maximum atomic E-state index is 12.4. The van der Waals surface area contributed by atoms with Gasteiger partial charge in [0.2, 0.25) is 11.8 Å². The van der Waals surface area contributed by atoms with Crippen molar-refractivity contribution >= 4 is 29.0 Å². The van der Waals surface area contributed by atoms with Crippen LogP contribution in [0.2, 0.25) is 5.02 Å². The molecular weight excluding hydrogens is 544 g/mol. The second-order valence-corrected chi connectivity index (χ2v) is 14.6. The van der Waals surface area contributed by atoms with Gasteiger partial charge in [-0.15, -0.1) is 0 Å². The van der Waals surface area contributed by atoms with Gasteiger partial charge in [0.05, 0.1) is 6.04 Å². The molecule has 0 saturated carbocycles. The first-order valence-electron chi connectivity index (χ1n) is 15.8. The number of benzene rings is 2. The van der Waals surface area contributed by atoms with Crippen molar-refractivity contribution in [3.8, 4) is 0 Å². The Hall–Kier alpha value is -2.51. The van der Waals surface area contributed by atoms with Gasteiger partial charge in [-0.1, -0.05) is 61.4 Å². The Morgan fingerprint density at radius 3 is 2.31 bits per heavy atom. The first kappa shape index (κ1) is 28.3. The largest absolute Gasteiger partial charge is 0.295 e. The Morgan fingerprint density at radius 1 is 0.881 bits per heavy atom. The molecule has 222 valence electrons. The van der Waals surface area contributed by atoms with E-state index in [4.69, 9.17) is 11.6 Å². The number of allylic oxidation sites excluding steroid dienone is 1. The Labute approximate surface area is 255 Å². The van der Waals surface area contributed by atoms with Crippen molar-refractivity contribution in [1.82, 2.24) is 20.0 Å². The van der Waals surface area contributed by atoms with E-state index in [0.29, 0.717) is 30.3 Å². The molecule has 4 saturated heterocycles. The number of hydrogen-bond acceptors (Lipinski definition) is 5. The van der Waals surface area contributed by atoms with Crippen molar-refractivity contribution < 1.29 is 9.59 Å². The van der Waals surface area contributed by atoms with E-state index < -0.39 is 0 Å². The SMILES string of the molecule is CC1(C)CCC(CN2CC3CCC2CN3Cc2ccc3c(c2)CN(C2CCC(=O)NC2=O)C3)=C(c2ccc(Cl)cc2)C1. The third-order valence-electron chi connectivity index (χ3n) is 10.6. The van der Waals surface area contributed by atoms with Crippen molar-refractivity contribution in [3.05, 3.63) is 75.3 Å². The molecule has 5 aliphatic heterocycles. The lowest BCUT2D eigenvalue weighted by molar-refractivity contribution is -0.137. The number of carbonyl (C=O) groups excluding carboxylic acids is 2. The molecule has 2 bridgehead atoms. The summed E-state index contributed by atoms with van der Waals surface area (Å²) in [6, 6.07) is 16.4. The van der Waals surface area contributed by atoms with Crippen LogP contribution in [0.3, 0.4) is 0 Å². The van der Waals surface area contributed by atoms with Gasteiger partial charge in [0.25, 0.3) is 0 Å². The lowest BCUT2D eigenvalue weighted by Crippen LogP contribution is -2.62. The van der Waals surface area contributed by atoms with Gasteiger partial charge in [-0.05, 0) is 83.9 Å². The highest BCUT2D eigenvalue weighted by atomic mass is 35.5. The molecule has 42 heavy (non-hydrogen) atoms. The van der Waals surface area contributed by atoms with Gasteiger partial charge in [0, 0.05) is 62.8 Å². The average molecular weight is 587 g/mol. The van der Waals surface area contributed by atoms with Gasteiger partial charge < -0.3 is 0 Å². The first-order valence-corrected chi connectivity index (χ1v) is 16.2. The van der Waals surface area contributed by atoms with Crippen LogP contribution < -0.4 is 5.32 Å². The fourth-order valence-electron chi connectivity index (χ4n) is 8.16. The number of fused-ring (bicyclic) bond motifs is 4. The highest BCUT2D eigenvalue weighted by Crippen LogP contribution is 2.44. The molecule has 1 aliphatic carbocycles. The number of rotatable bonds is 6. The second-order valence-electron chi connectivity index (χ2n) is 14.1. The lowest BCUT2D eigenvalue weighted by atomic mass is 9.72. The van der Waals surface area contributed by atoms with Crippen LogP contribution in [0.5, 0.6) is 0 Å². The molecule has 0 spiro atoms. The minimum atomic E-state index is -0.201. The summed E-state index contributed by atoms with van der Waals surface area (Å²) in [5.74, 6) is -0.285. The normalized spacial score (nSPS) is 28.3. The van der Waals surface area contributed by atoms with Crippen LogP contribution in [0.15, 0.2) is 48.0 Å². The number of imide groups is 1. The number of halogens is 1. The summed E-state index contributed by atoms with van der Waals surface area (Å²) in [6.07, 6.45) is 7.21. The summed E-state index contributed by atoms with van der Waals surface area (Å²) >= 11 is 6.23. The summed E-state index contributed by atoms with van der Waals surface area (Å²) in [7, 11) is 0. The molecule has 0 aromatic heterocycles. The first-order chi connectivity index (χ1) is 20.2. The van der Waals surface area contributed by atoms with Gasteiger partial charge in [-0.3, -0.25) is 29.6 Å². The number of piperidine rings is 3. The average Bonchev–Trinajstić information content (AvgIpc) is 3.38. The van der Waals surface area contributed by atoms with Crippen LogP contribution in [0, 0.1) is 5.41 Å². The zero-order valence-electron chi connectivity index (χ0n) is 25.0. The number of nitrogens with one attached hydrogen (secondary N) is 1. The number of hydrogen-bond donors (Lipinski definition) is 1. The van der Waals surface area contributed by atoms with Crippen molar-refractivity contribution in [1.29, 1.82) is 0 Å². The zero-order valence-corrected chi connectivity index (χ0v) is 25.8. The maximum absolute atomic E-state index is 12.4. The summed E-state index contributed by atoms with van der Waals surface area (Å²) in [6.45, 7) is 10.8. The summed E-state index contributed by atoms with van der Waals surface area (Å²) < 4.78 is 0. The number of amides is 2. The third-order valence-corrected chi connectivity index (χ3v) is 10.8. The van der Waals surface area contributed by atoms with Crippen LogP contribution in [0.4, 0.5) is 0 Å². The number of nitrogens with zero attached hydrogens (tertiary/aromatic N) is 3. The minimum absolute atomic E-state index is 0.138. The summed E-state index contributed by atoms with van der Waals surface area (Å²) in [5.41, 5.74) is 8.89. The predicted octanol–water partition coefficient (Wildman–Crippen LogP) is 5.77. The monoisotopic (exact) mass is 586 g/mol. The molecule has 2 aromatic carbocycles. The molecule has 5 heterocycles. The predicted molar refractivity (Wildman–Crippen MR) is 167 cm³/mol. The van der Waals surface area contributed by atoms with Crippen LogP contribution >= 0.6 is 11.6 Å². The van der Waals surface area contributed by atoms with E-state index in [0.717, 1.165) is 50.7 Å². The molecule has 3 unspecified atom stereocenters. The van der Waals surface area contributed by atoms with E-state index in [1.807, 2.05) is 12.1 Å². The molecule has 0 radical (unpaired) electrons. The molecule has 6 aliphatic rings. The van der Waals surface area contributed by atoms with E-state index in [-0.39, 0.29) is 17.9 Å². The molecule has 6 nitrogen and oxygen atoms in total.